The number of esters is 1. The molecule has 15 heteroatoms. The Kier molecular flexibility index (Phi) is 8.53. The van der Waals surface area contributed by atoms with Crippen LogP contribution in [0.1, 0.15) is 38.3 Å². The number of phosphoric ester groups is 1. The molecule has 41 heavy (non-hydrogen) atoms. The lowest BCUT2D eigenvalue weighted by atomic mass is 10.0. The first-order valence-corrected chi connectivity index (χ1v) is 15.1. The number of carboxylic acid groups (broad SMARTS) is 1. The van der Waals surface area contributed by atoms with E-state index in [9.17, 15) is 37.1 Å². The van der Waals surface area contributed by atoms with Gasteiger partial charge in [0, 0.05) is 18.6 Å². The maximum absolute atomic E-state index is 13.8. The Morgan fingerprint density at radius 1 is 1.00 bits per heavy atom. The highest BCUT2D eigenvalue weighted by molar-refractivity contribution is 7.85. The molecule has 4 rings (SSSR count). The van der Waals surface area contributed by atoms with Gasteiger partial charge in [0.25, 0.3) is 10.1 Å². The number of aryl methyl sites for hydroxylation is 3. The van der Waals surface area contributed by atoms with E-state index in [1.54, 1.807) is 42.7 Å². The SMILES string of the molecule is [B]OP(=O)(O)Oc1ccc2c(c1)c(C(=O)Oc1c(C)cc(C(=O)O)cc1C)c1ccccc1[n+]2CCCS(=O)(=O)O. The Labute approximate surface area is 235 Å². The Balaban J connectivity index is 1.94. The third-order valence-corrected chi connectivity index (χ3v) is 7.75. The van der Waals surface area contributed by atoms with Gasteiger partial charge < -0.3 is 18.8 Å². The molecule has 4 aromatic rings. The molecule has 0 aliphatic heterocycles. The minimum atomic E-state index is -4.68. The Morgan fingerprint density at radius 2 is 1.63 bits per heavy atom. The minimum absolute atomic E-state index is 0.0266. The maximum Gasteiger partial charge on any atom is 0.511 e. The van der Waals surface area contributed by atoms with Crippen molar-refractivity contribution in [2.24, 2.45) is 0 Å². The number of ether oxygens (including phenoxy) is 1. The summed E-state index contributed by atoms with van der Waals surface area (Å²) in [5, 5.41) is 9.97. The van der Waals surface area contributed by atoms with Gasteiger partial charge in [-0.25, -0.2) is 14.2 Å². The lowest BCUT2D eigenvalue weighted by Gasteiger charge is -2.16. The molecule has 1 atom stereocenters. The predicted molar refractivity (Wildman–Crippen MR) is 148 cm³/mol. The molecule has 1 heterocycles. The molecule has 3 N–H and O–H groups in total. The van der Waals surface area contributed by atoms with Gasteiger partial charge in [-0.2, -0.15) is 13.0 Å². The normalized spacial score (nSPS) is 13.2. The third kappa shape index (κ3) is 6.75. The van der Waals surface area contributed by atoms with E-state index in [-0.39, 0.29) is 41.0 Å². The largest absolute Gasteiger partial charge is 0.511 e. The Morgan fingerprint density at radius 3 is 2.24 bits per heavy atom. The van der Waals surface area contributed by atoms with Crippen molar-refractivity contribution in [3.8, 4) is 11.5 Å². The summed E-state index contributed by atoms with van der Waals surface area (Å²) in [7, 11) is -4.05. The quantitative estimate of drug-likeness (QED) is 0.0460. The second-order valence-corrected chi connectivity index (χ2v) is 12.1. The number of carbonyl (C=O) groups is 2. The van der Waals surface area contributed by atoms with Crippen LogP contribution in [0.3, 0.4) is 0 Å². The number of aromatic carboxylic acids is 1. The van der Waals surface area contributed by atoms with Crippen LogP contribution in [0.4, 0.5) is 0 Å². The van der Waals surface area contributed by atoms with Crippen molar-refractivity contribution in [2.45, 2.75) is 26.8 Å². The number of pyridine rings is 1. The van der Waals surface area contributed by atoms with Gasteiger partial charge in [-0.3, -0.25) is 9.45 Å². The second-order valence-electron chi connectivity index (χ2n) is 9.16. The van der Waals surface area contributed by atoms with Crippen LogP contribution < -0.4 is 13.8 Å². The van der Waals surface area contributed by atoms with Gasteiger partial charge in [-0.1, -0.05) is 12.1 Å². The van der Waals surface area contributed by atoms with Gasteiger partial charge in [-0.15, -0.1) is 0 Å². The van der Waals surface area contributed by atoms with Crippen LogP contribution in [-0.4, -0.2) is 48.7 Å². The fraction of sp³-hybridized carbons (Fsp3) is 0.192. The fourth-order valence-electron chi connectivity index (χ4n) is 4.60. The lowest BCUT2D eigenvalue weighted by molar-refractivity contribution is -0.645. The average Bonchev–Trinajstić information content (AvgIpc) is 2.89. The number of hydrogen-bond acceptors (Lipinski definition) is 8. The average molecular weight is 600 g/mol. The number of benzene rings is 3. The van der Waals surface area contributed by atoms with Crippen LogP contribution in [0.2, 0.25) is 0 Å². The maximum atomic E-state index is 13.8. The van der Waals surface area contributed by atoms with Crippen molar-refractivity contribution in [1.29, 1.82) is 0 Å². The Bertz CT molecular complexity index is 1840. The summed E-state index contributed by atoms with van der Waals surface area (Å²) in [5.74, 6) is -2.47. The molecule has 0 saturated carbocycles. The zero-order valence-electron chi connectivity index (χ0n) is 21.8. The number of nitrogens with zero attached hydrogens (tertiary/aromatic N) is 1. The third-order valence-electron chi connectivity index (χ3n) is 6.24. The molecule has 0 bridgehead atoms. The van der Waals surface area contributed by atoms with Crippen LogP contribution >= 0.6 is 7.82 Å². The fourth-order valence-corrected chi connectivity index (χ4v) is 5.52. The van der Waals surface area contributed by atoms with Gasteiger partial charge in [0.1, 0.15) is 11.5 Å². The van der Waals surface area contributed by atoms with Gasteiger partial charge in [0.2, 0.25) is 11.0 Å². The van der Waals surface area contributed by atoms with E-state index in [4.69, 9.17) is 17.3 Å². The van der Waals surface area contributed by atoms with Crippen molar-refractivity contribution < 1.29 is 55.4 Å². The highest BCUT2D eigenvalue weighted by Gasteiger charge is 2.28. The standard InChI is InChI=1S/C26H23BNO11PS/c1-15-12-17(25(29)30)13-16(2)24(15)37-26(31)23-19-6-3-4-7-21(19)28(10-5-11-41(34,35)36)22-9-8-18(14-20(22)23)38-40(32,33)39-27/h3-4,6-9,12-14H,5,10-11H2,1-2H3,(H2-,29,30,32,33,34,35,36)/p+1. The number of carboxylic acids is 1. The first kappa shape index (κ1) is 30.2. The zero-order valence-corrected chi connectivity index (χ0v) is 23.5. The van der Waals surface area contributed by atoms with Crippen LogP contribution in [0.25, 0.3) is 21.8 Å². The minimum Gasteiger partial charge on any atom is -0.478 e. The number of phosphoric acid groups is 1. The van der Waals surface area contributed by atoms with E-state index >= 15 is 0 Å². The van der Waals surface area contributed by atoms with E-state index in [1.165, 1.54) is 30.3 Å². The van der Waals surface area contributed by atoms with Crippen LogP contribution in [-0.2, 0) is 25.7 Å². The summed E-state index contributed by atoms with van der Waals surface area (Å²) in [6, 6.07) is 13.7. The molecule has 0 saturated heterocycles. The predicted octanol–water partition coefficient (Wildman–Crippen LogP) is 3.67. The molecule has 1 unspecified atom stereocenters. The molecular formula is C26H24BNO11PS+. The number of carbonyl (C=O) groups excluding carboxylic acids is 1. The number of rotatable bonds is 10. The molecule has 0 aliphatic carbocycles. The van der Waals surface area contributed by atoms with Crippen molar-refractivity contribution in [3.63, 3.8) is 0 Å². The molecule has 0 amide bonds. The molecular weight excluding hydrogens is 576 g/mol. The summed E-state index contributed by atoms with van der Waals surface area (Å²) in [6.07, 6.45) is 0.0335. The van der Waals surface area contributed by atoms with Gasteiger partial charge in [0.15, 0.2) is 6.54 Å². The molecule has 2 radical (unpaired) electrons. The first-order chi connectivity index (χ1) is 19.2. The highest BCUT2D eigenvalue weighted by atomic mass is 32.2. The van der Waals surface area contributed by atoms with E-state index in [0.29, 0.717) is 27.5 Å². The van der Waals surface area contributed by atoms with Crippen LogP contribution in [0.5, 0.6) is 11.5 Å². The molecule has 1 aromatic heterocycles. The monoisotopic (exact) mass is 600 g/mol. The molecule has 0 aliphatic rings. The van der Waals surface area contributed by atoms with E-state index < -0.39 is 35.6 Å². The van der Waals surface area contributed by atoms with E-state index in [0.717, 1.165) is 0 Å². The van der Waals surface area contributed by atoms with Gasteiger partial charge in [0.05, 0.1) is 27.7 Å². The van der Waals surface area contributed by atoms with Gasteiger partial charge in [-0.05, 0) is 55.3 Å². The van der Waals surface area contributed by atoms with E-state index in [1.807, 2.05) is 0 Å². The first-order valence-electron chi connectivity index (χ1n) is 12.0. The van der Waals surface area contributed by atoms with Crippen molar-refractivity contribution >= 4 is 59.7 Å². The summed E-state index contributed by atoms with van der Waals surface area (Å²) in [4.78, 5) is 35.0. The van der Waals surface area contributed by atoms with Crippen molar-refractivity contribution in [3.05, 3.63) is 76.9 Å². The second kappa shape index (κ2) is 11.6. The topological polar surface area (TPSA) is 178 Å². The summed E-state index contributed by atoms with van der Waals surface area (Å²) >= 11 is 0. The summed E-state index contributed by atoms with van der Waals surface area (Å²) in [6.45, 7) is 3.32. The highest BCUT2D eigenvalue weighted by Crippen LogP contribution is 2.43. The lowest BCUT2D eigenvalue weighted by Crippen LogP contribution is -2.37. The molecule has 0 fully saturated rings. The number of para-hydroxylation sites is 1. The molecule has 12 nitrogen and oxygen atoms in total. The molecule has 212 valence electrons. The molecule has 0 spiro atoms. The van der Waals surface area contributed by atoms with Crippen molar-refractivity contribution in [2.75, 3.05) is 5.75 Å². The van der Waals surface area contributed by atoms with Crippen LogP contribution in [0.15, 0.2) is 54.6 Å². The molecule has 3 aromatic carbocycles. The van der Waals surface area contributed by atoms with Crippen molar-refractivity contribution in [1.82, 2.24) is 0 Å². The van der Waals surface area contributed by atoms with Crippen LogP contribution in [0, 0.1) is 13.8 Å². The van der Waals surface area contributed by atoms with Gasteiger partial charge >= 0.3 is 27.8 Å². The summed E-state index contributed by atoms with van der Waals surface area (Å²) in [5.41, 5.74) is 1.84. The zero-order chi connectivity index (χ0) is 30.1. The number of aromatic nitrogens is 1. The smallest absolute Gasteiger partial charge is 0.478 e. The number of fused-ring (bicyclic) bond motifs is 2. The van der Waals surface area contributed by atoms with E-state index in [2.05, 4.69) is 4.44 Å². The summed E-state index contributed by atoms with van der Waals surface area (Å²) < 4.78 is 60.4. The number of hydrogen-bond donors (Lipinski definition) is 3. The Hall–Kier alpha value is -3.81.